The number of halogens is 2. The second-order valence-corrected chi connectivity index (χ2v) is 5.65. The van der Waals surface area contributed by atoms with Crippen LogP contribution in [0.5, 0.6) is 0 Å². The first-order chi connectivity index (χ1) is 8.99. The van der Waals surface area contributed by atoms with Gasteiger partial charge in [-0.2, -0.15) is 0 Å². The molecule has 0 radical (unpaired) electrons. The number of nitrogens with two attached hydrogens (primary N) is 1. The number of anilines is 1. The largest absolute Gasteiger partial charge is 0.396 e. The first kappa shape index (κ1) is 14.4. The molecule has 0 bridgehead atoms. The predicted octanol–water partition coefficient (Wildman–Crippen LogP) is 2.40. The number of carbonyl (C=O) groups is 1. The molecule has 1 aromatic carbocycles. The van der Waals surface area contributed by atoms with Crippen molar-refractivity contribution in [1.29, 1.82) is 0 Å². The summed E-state index contributed by atoms with van der Waals surface area (Å²) in [5.41, 5.74) is 6.38. The monoisotopic (exact) mass is 301 g/mol. The van der Waals surface area contributed by atoms with Crippen molar-refractivity contribution in [3.05, 3.63) is 27.7 Å². The molecule has 104 valence electrons. The first-order valence-corrected chi connectivity index (χ1v) is 6.97. The molecule has 4 nitrogen and oxygen atoms in total. The van der Waals surface area contributed by atoms with E-state index < -0.39 is 0 Å². The minimum absolute atomic E-state index is 0.177. The quantitative estimate of drug-likeness (QED) is 0.843. The van der Waals surface area contributed by atoms with Gasteiger partial charge in [-0.25, -0.2) is 0 Å². The lowest BCUT2D eigenvalue weighted by atomic mass is 10.1. The lowest BCUT2D eigenvalue weighted by Gasteiger charge is -2.19. The highest BCUT2D eigenvalue weighted by Crippen LogP contribution is 2.28. The van der Waals surface area contributed by atoms with Crippen LogP contribution in [-0.2, 0) is 0 Å². The molecule has 1 fully saturated rings. The predicted molar refractivity (Wildman–Crippen MR) is 78.9 cm³/mol. The van der Waals surface area contributed by atoms with Crippen LogP contribution in [0, 0.1) is 0 Å². The summed E-state index contributed by atoms with van der Waals surface area (Å²) in [5.74, 6) is -0.177. The van der Waals surface area contributed by atoms with Gasteiger partial charge in [0.25, 0.3) is 5.91 Å². The van der Waals surface area contributed by atoms with Crippen molar-refractivity contribution in [2.45, 2.75) is 18.9 Å². The number of nitrogens with zero attached hydrogens (tertiary/aromatic N) is 1. The summed E-state index contributed by atoms with van der Waals surface area (Å²) in [4.78, 5) is 14.3. The molecule has 0 aromatic heterocycles. The summed E-state index contributed by atoms with van der Waals surface area (Å²) >= 11 is 11.8. The van der Waals surface area contributed by atoms with Gasteiger partial charge in [0.1, 0.15) is 0 Å². The molecule has 1 amide bonds. The standard InChI is InChI=1S/C13H17Cl2N3O/c1-18-4-2-3-9(18)7-17-13(19)8-5-10(14)12(16)11(15)6-8/h5-6,9H,2-4,7,16H2,1H3,(H,17,19). The van der Waals surface area contributed by atoms with E-state index in [1.54, 1.807) is 0 Å². The summed E-state index contributed by atoms with van der Waals surface area (Å²) in [6.45, 7) is 1.72. The third-order valence-electron chi connectivity index (χ3n) is 3.51. The fourth-order valence-electron chi connectivity index (χ4n) is 2.27. The van der Waals surface area contributed by atoms with Crippen molar-refractivity contribution in [1.82, 2.24) is 10.2 Å². The van der Waals surface area contributed by atoms with Gasteiger partial charge in [-0.3, -0.25) is 4.79 Å². The summed E-state index contributed by atoms with van der Waals surface area (Å²) in [6.07, 6.45) is 2.29. The highest BCUT2D eigenvalue weighted by molar-refractivity contribution is 6.39. The van der Waals surface area contributed by atoms with Crippen LogP contribution in [0.1, 0.15) is 23.2 Å². The van der Waals surface area contributed by atoms with Gasteiger partial charge in [0, 0.05) is 18.2 Å². The Morgan fingerprint density at radius 1 is 1.47 bits per heavy atom. The van der Waals surface area contributed by atoms with E-state index in [1.165, 1.54) is 18.6 Å². The van der Waals surface area contributed by atoms with E-state index in [1.807, 2.05) is 0 Å². The summed E-state index contributed by atoms with van der Waals surface area (Å²) in [6, 6.07) is 3.48. The SMILES string of the molecule is CN1CCCC1CNC(=O)c1cc(Cl)c(N)c(Cl)c1. The molecule has 1 unspecified atom stereocenters. The van der Waals surface area contributed by atoms with Crippen LogP contribution in [-0.4, -0.2) is 37.0 Å². The molecular weight excluding hydrogens is 285 g/mol. The van der Waals surface area contributed by atoms with Crippen LogP contribution in [0.3, 0.4) is 0 Å². The molecule has 19 heavy (non-hydrogen) atoms. The van der Waals surface area contributed by atoms with E-state index in [0.717, 1.165) is 13.0 Å². The third kappa shape index (κ3) is 3.32. The lowest BCUT2D eigenvalue weighted by Crippen LogP contribution is -2.38. The number of carbonyl (C=O) groups excluding carboxylic acids is 1. The van der Waals surface area contributed by atoms with Gasteiger partial charge in [0.2, 0.25) is 0 Å². The minimum atomic E-state index is -0.177. The Labute approximate surface area is 122 Å². The molecule has 0 spiro atoms. The maximum atomic E-state index is 12.0. The Hall–Kier alpha value is -0.970. The Morgan fingerprint density at radius 3 is 2.63 bits per heavy atom. The van der Waals surface area contributed by atoms with Gasteiger partial charge >= 0.3 is 0 Å². The van der Waals surface area contributed by atoms with Crippen molar-refractivity contribution in [3.63, 3.8) is 0 Å². The topological polar surface area (TPSA) is 58.4 Å². The Balaban J connectivity index is 2.00. The van der Waals surface area contributed by atoms with Crippen LogP contribution in [0.25, 0.3) is 0 Å². The molecule has 0 aliphatic carbocycles. The van der Waals surface area contributed by atoms with Gasteiger partial charge < -0.3 is 16.0 Å². The van der Waals surface area contributed by atoms with Crippen LogP contribution >= 0.6 is 23.2 Å². The molecular formula is C13H17Cl2N3O. The van der Waals surface area contributed by atoms with Gasteiger partial charge in [0.05, 0.1) is 15.7 Å². The number of hydrogen-bond acceptors (Lipinski definition) is 3. The first-order valence-electron chi connectivity index (χ1n) is 6.22. The third-order valence-corrected chi connectivity index (χ3v) is 4.14. The molecule has 1 aliphatic heterocycles. The molecule has 1 saturated heterocycles. The summed E-state index contributed by atoms with van der Waals surface area (Å²) in [7, 11) is 2.07. The van der Waals surface area contributed by atoms with Crippen LogP contribution in [0.2, 0.25) is 10.0 Å². The normalized spacial score (nSPS) is 19.6. The zero-order chi connectivity index (χ0) is 14.0. The molecule has 1 atom stereocenters. The average molecular weight is 302 g/mol. The van der Waals surface area contributed by atoms with Gasteiger partial charge in [-0.15, -0.1) is 0 Å². The van der Waals surface area contributed by atoms with Crippen molar-refractivity contribution in [3.8, 4) is 0 Å². The number of nitrogens with one attached hydrogen (secondary N) is 1. The molecule has 1 aromatic rings. The molecule has 0 saturated carbocycles. The lowest BCUT2D eigenvalue weighted by molar-refractivity contribution is 0.0943. The highest BCUT2D eigenvalue weighted by Gasteiger charge is 2.21. The Kier molecular flexibility index (Phi) is 4.55. The van der Waals surface area contributed by atoms with E-state index in [-0.39, 0.29) is 5.91 Å². The number of rotatable bonds is 3. The second kappa shape index (κ2) is 5.99. The van der Waals surface area contributed by atoms with Crippen molar-refractivity contribution < 1.29 is 4.79 Å². The number of nitrogen functional groups attached to an aromatic ring is 1. The van der Waals surface area contributed by atoms with Gasteiger partial charge in [0.15, 0.2) is 0 Å². The van der Waals surface area contributed by atoms with Crippen molar-refractivity contribution >= 4 is 34.8 Å². The summed E-state index contributed by atoms with van der Waals surface area (Å²) in [5, 5.41) is 3.51. The van der Waals surface area contributed by atoms with Crippen LogP contribution < -0.4 is 11.1 Å². The van der Waals surface area contributed by atoms with E-state index in [4.69, 9.17) is 28.9 Å². The second-order valence-electron chi connectivity index (χ2n) is 4.84. The van der Waals surface area contributed by atoms with Crippen LogP contribution in [0.4, 0.5) is 5.69 Å². The molecule has 2 rings (SSSR count). The van der Waals surface area contributed by atoms with Gasteiger partial charge in [-0.1, -0.05) is 23.2 Å². The fourth-order valence-corrected chi connectivity index (χ4v) is 2.75. The number of likely N-dealkylation sites (tertiary alicyclic amines) is 1. The maximum absolute atomic E-state index is 12.0. The average Bonchev–Trinajstić information content (AvgIpc) is 2.78. The number of benzene rings is 1. The summed E-state index contributed by atoms with van der Waals surface area (Å²) < 4.78 is 0. The van der Waals surface area contributed by atoms with E-state index >= 15 is 0 Å². The fraction of sp³-hybridized carbons (Fsp3) is 0.462. The van der Waals surface area contributed by atoms with E-state index in [9.17, 15) is 4.79 Å². The minimum Gasteiger partial charge on any atom is -0.396 e. The maximum Gasteiger partial charge on any atom is 0.251 e. The zero-order valence-electron chi connectivity index (χ0n) is 10.7. The zero-order valence-corrected chi connectivity index (χ0v) is 12.3. The molecule has 1 aliphatic rings. The van der Waals surface area contributed by atoms with Crippen molar-refractivity contribution in [2.24, 2.45) is 0 Å². The Morgan fingerprint density at radius 2 is 2.11 bits per heavy atom. The number of likely N-dealkylation sites (N-methyl/N-ethyl adjacent to an activating group) is 1. The number of hydrogen-bond donors (Lipinski definition) is 2. The molecule has 1 heterocycles. The smallest absolute Gasteiger partial charge is 0.251 e. The Bertz CT molecular complexity index is 470. The molecule has 3 N–H and O–H groups in total. The highest BCUT2D eigenvalue weighted by atomic mass is 35.5. The number of amides is 1. The van der Waals surface area contributed by atoms with E-state index in [2.05, 4.69) is 17.3 Å². The van der Waals surface area contributed by atoms with Crippen molar-refractivity contribution in [2.75, 3.05) is 25.9 Å². The molecule has 6 heteroatoms. The van der Waals surface area contributed by atoms with Gasteiger partial charge in [-0.05, 0) is 38.6 Å². The van der Waals surface area contributed by atoms with Crippen LogP contribution in [0.15, 0.2) is 12.1 Å². The van der Waals surface area contributed by atoms with E-state index in [0.29, 0.717) is 33.9 Å².